The molecule has 0 aliphatic rings. The van der Waals surface area contributed by atoms with Crippen LogP contribution in [0.25, 0.3) is 0 Å². The molecule has 0 saturated carbocycles. The Hall–Kier alpha value is -3.35. The maximum absolute atomic E-state index is 14.5. The first kappa shape index (κ1) is 34.8. The molecule has 0 heterocycles. The number of benzene rings is 2. The molecule has 232 valence electrons. The lowest BCUT2D eigenvalue weighted by atomic mass is 9.95. The van der Waals surface area contributed by atoms with E-state index in [9.17, 15) is 14.4 Å². The fourth-order valence-electron chi connectivity index (χ4n) is 5.14. The van der Waals surface area contributed by atoms with Crippen LogP contribution in [0.3, 0.4) is 0 Å². The van der Waals surface area contributed by atoms with E-state index < -0.39 is 23.8 Å². The number of hydrogen-bond donors (Lipinski definition) is 2. The van der Waals surface area contributed by atoms with E-state index in [0.29, 0.717) is 13.0 Å². The first-order chi connectivity index (χ1) is 19.7. The predicted molar refractivity (Wildman–Crippen MR) is 172 cm³/mol. The van der Waals surface area contributed by atoms with Gasteiger partial charge in [0.05, 0.1) is 0 Å². The molecule has 3 amide bonds. The van der Waals surface area contributed by atoms with Crippen molar-refractivity contribution >= 4 is 23.6 Å². The molecule has 0 aromatic heterocycles. The predicted octanol–water partition coefficient (Wildman–Crippen LogP) is 8.03. The van der Waals surface area contributed by atoms with Crippen molar-refractivity contribution in [2.45, 2.75) is 119 Å². The summed E-state index contributed by atoms with van der Waals surface area (Å²) in [6.45, 7) is 17.9. The summed E-state index contributed by atoms with van der Waals surface area (Å²) >= 11 is 0. The fraction of sp³-hybridized carbons (Fsp3) is 0.571. The van der Waals surface area contributed by atoms with Gasteiger partial charge in [-0.15, -0.1) is 0 Å². The molecular weight excluding hydrogens is 526 g/mol. The van der Waals surface area contributed by atoms with Crippen LogP contribution in [0, 0.1) is 26.7 Å². The first-order valence-electron chi connectivity index (χ1n) is 15.5. The minimum Gasteiger partial charge on any atom is -0.444 e. The molecule has 42 heavy (non-hydrogen) atoms. The Morgan fingerprint density at radius 2 is 1.45 bits per heavy atom. The molecule has 2 unspecified atom stereocenters. The van der Waals surface area contributed by atoms with Gasteiger partial charge in [-0.1, -0.05) is 88.9 Å². The number of para-hydroxylation sites is 1. The topological polar surface area (TPSA) is 87.7 Å². The van der Waals surface area contributed by atoms with Crippen LogP contribution in [-0.2, 0) is 14.3 Å². The highest BCUT2D eigenvalue weighted by Crippen LogP contribution is 2.30. The summed E-state index contributed by atoms with van der Waals surface area (Å²) in [5.41, 5.74) is 3.64. The van der Waals surface area contributed by atoms with Crippen LogP contribution in [0.5, 0.6) is 0 Å². The normalized spacial score (nSPS) is 12.9. The molecule has 2 rings (SSSR count). The summed E-state index contributed by atoms with van der Waals surface area (Å²) in [4.78, 5) is 43.3. The van der Waals surface area contributed by atoms with Gasteiger partial charge in [-0.05, 0) is 82.6 Å². The number of hydrogen-bond acceptors (Lipinski definition) is 4. The van der Waals surface area contributed by atoms with Gasteiger partial charge in [0.15, 0.2) is 0 Å². The van der Waals surface area contributed by atoms with Crippen molar-refractivity contribution in [3.8, 4) is 0 Å². The standard InChI is InChI=1S/C35H53N3O4/c1-10-11-12-13-16-22-38(33(40)29(23-24(2)3)36-34(41)42-35(7,8)9)31(28-21-15-14-18-25(28)4)32(39)37-30-26(5)19-17-20-27(30)6/h14-15,17-21,24,29,31H,10-13,16,22-23H2,1-9H3,(H,36,41)(H,37,39). The van der Waals surface area contributed by atoms with E-state index in [2.05, 4.69) is 17.6 Å². The molecule has 7 nitrogen and oxygen atoms in total. The van der Waals surface area contributed by atoms with E-state index in [4.69, 9.17) is 4.74 Å². The molecule has 7 heteroatoms. The molecule has 0 bridgehead atoms. The summed E-state index contributed by atoms with van der Waals surface area (Å²) in [5.74, 6) is -0.431. The van der Waals surface area contributed by atoms with Crippen molar-refractivity contribution in [2.75, 3.05) is 11.9 Å². The van der Waals surface area contributed by atoms with E-state index in [0.717, 1.165) is 60.0 Å². The molecule has 2 aromatic rings. The second-order valence-corrected chi connectivity index (χ2v) is 12.8. The van der Waals surface area contributed by atoms with E-state index in [-0.39, 0.29) is 17.7 Å². The third-order valence-electron chi connectivity index (χ3n) is 7.25. The zero-order valence-corrected chi connectivity index (χ0v) is 27.3. The smallest absolute Gasteiger partial charge is 0.408 e. The molecule has 0 aliphatic carbocycles. The summed E-state index contributed by atoms with van der Waals surface area (Å²) in [5, 5.41) is 6.00. The summed E-state index contributed by atoms with van der Waals surface area (Å²) in [6, 6.07) is 11.9. The number of ether oxygens (including phenoxy) is 1. The molecule has 0 spiro atoms. The van der Waals surface area contributed by atoms with Crippen LogP contribution in [0.4, 0.5) is 10.5 Å². The molecule has 0 radical (unpaired) electrons. The number of carbonyl (C=O) groups is 3. The Balaban J connectivity index is 2.58. The van der Waals surface area contributed by atoms with Gasteiger partial charge in [-0.3, -0.25) is 9.59 Å². The van der Waals surface area contributed by atoms with Gasteiger partial charge in [-0.2, -0.15) is 0 Å². The van der Waals surface area contributed by atoms with Crippen LogP contribution in [-0.4, -0.2) is 41.0 Å². The lowest BCUT2D eigenvalue weighted by molar-refractivity contribution is -0.141. The van der Waals surface area contributed by atoms with Crippen LogP contribution >= 0.6 is 0 Å². The molecule has 2 atom stereocenters. The van der Waals surface area contributed by atoms with Crippen molar-refractivity contribution in [3.05, 3.63) is 64.7 Å². The third kappa shape index (κ3) is 10.8. The van der Waals surface area contributed by atoms with Gasteiger partial charge >= 0.3 is 6.09 Å². The van der Waals surface area contributed by atoms with Crippen molar-refractivity contribution in [1.29, 1.82) is 0 Å². The van der Waals surface area contributed by atoms with Crippen molar-refractivity contribution in [3.63, 3.8) is 0 Å². The minimum atomic E-state index is -0.876. The monoisotopic (exact) mass is 579 g/mol. The van der Waals surface area contributed by atoms with Crippen molar-refractivity contribution in [2.24, 2.45) is 5.92 Å². The number of nitrogens with one attached hydrogen (secondary N) is 2. The van der Waals surface area contributed by atoms with E-state index in [1.54, 1.807) is 25.7 Å². The summed E-state index contributed by atoms with van der Waals surface area (Å²) in [6.07, 6.45) is 4.78. The Labute approximate surface area is 253 Å². The summed E-state index contributed by atoms with van der Waals surface area (Å²) in [7, 11) is 0. The Bertz CT molecular complexity index is 1160. The number of unbranched alkanes of at least 4 members (excludes halogenated alkanes) is 4. The van der Waals surface area contributed by atoms with Gasteiger partial charge in [0.2, 0.25) is 5.91 Å². The highest BCUT2D eigenvalue weighted by Gasteiger charge is 2.37. The van der Waals surface area contributed by atoms with Gasteiger partial charge in [0.25, 0.3) is 5.91 Å². The SMILES string of the molecule is CCCCCCCN(C(=O)C(CC(C)C)NC(=O)OC(C)(C)C)C(C(=O)Nc1c(C)cccc1C)c1ccccc1C. The molecule has 2 aromatic carbocycles. The number of rotatable bonds is 14. The van der Waals surface area contributed by atoms with E-state index >= 15 is 0 Å². The Kier molecular flexibility index (Phi) is 13.5. The molecular formula is C35H53N3O4. The zero-order valence-electron chi connectivity index (χ0n) is 27.3. The maximum Gasteiger partial charge on any atom is 0.408 e. The number of alkyl carbamates (subject to hydrolysis) is 1. The van der Waals surface area contributed by atoms with Crippen LogP contribution in [0.15, 0.2) is 42.5 Å². The molecule has 0 aliphatic heterocycles. The van der Waals surface area contributed by atoms with E-state index in [1.807, 2.05) is 77.1 Å². The number of amides is 3. The van der Waals surface area contributed by atoms with Crippen LogP contribution in [0.1, 0.15) is 108 Å². The highest BCUT2D eigenvalue weighted by atomic mass is 16.6. The van der Waals surface area contributed by atoms with Crippen LogP contribution < -0.4 is 10.6 Å². The lowest BCUT2D eigenvalue weighted by Gasteiger charge is -2.35. The quantitative estimate of drug-likeness (QED) is 0.222. The molecule has 2 N–H and O–H groups in total. The fourth-order valence-corrected chi connectivity index (χ4v) is 5.14. The van der Waals surface area contributed by atoms with Crippen LogP contribution in [0.2, 0.25) is 0 Å². The molecule has 0 fully saturated rings. The Morgan fingerprint density at radius 3 is 2.02 bits per heavy atom. The van der Waals surface area contributed by atoms with Crippen molar-refractivity contribution in [1.82, 2.24) is 10.2 Å². The number of aryl methyl sites for hydroxylation is 3. The zero-order chi connectivity index (χ0) is 31.4. The average Bonchev–Trinajstić information content (AvgIpc) is 2.88. The number of nitrogens with zero attached hydrogens (tertiary/aromatic N) is 1. The lowest BCUT2D eigenvalue weighted by Crippen LogP contribution is -2.53. The third-order valence-corrected chi connectivity index (χ3v) is 7.25. The largest absolute Gasteiger partial charge is 0.444 e. The number of carbonyl (C=O) groups excluding carboxylic acids is 3. The molecule has 0 saturated heterocycles. The maximum atomic E-state index is 14.5. The van der Waals surface area contributed by atoms with Gasteiger partial charge in [0, 0.05) is 12.2 Å². The van der Waals surface area contributed by atoms with Gasteiger partial charge in [0.1, 0.15) is 17.7 Å². The second kappa shape index (κ2) is 16.3. The second-order valence-electron chi connectivity index (χ2n) is 12.8. The average molecular weight is 580 g/mol. The van der Waals surface area contributed by atoms with E-state index in [1.165, 1.54) is 0 Å². The Morgan fingerprint density at radius 1 is 0.857 bits per heavy atom. The van der Waals surface area contributed by atoms with Gasteiger partial charge < -0.3 is 20.3 Å². The minimum absolute atomic E-state index is 0.126. The summed E-state index contributed by atoms with van der Waals surface area (Å²) < 4.78 is 5.52. The first-order valence-corrected chi connectivity index (χ1v) is 15.5. The highest BCUT2D eigenvalue weighted by molar-refractivity contribution is 6.00. The number of anilines is 1. The van der Waals surface area contributed by atoms with Crippen molar-refractivity contribution < 1.29 is 19.1 Å². The van der Waals surface area contributed by atoms with Gasteiger partial charge in [-0.25, -0.2) is 4.79 Å².